The highest BCUT2D eigenvalue weighted by atomic mass is 16.5. The van der Waals surface area contributed by atoms with Gasteiger partial charge in [0, 0.05) is 11.3 Å². The van der Waals surface area contributed by atoms with Crippen LogP contribution in [0.4, 0.5) is 0 Å². The summed E-state index contributed by atoms with van der Waals surface area (Å²) in [6.45, 7) is 6.48. The first-order chi connectivity index (χ1) is 9.65. The van der Waals surface area contributed by atoms with E-state index in [1.807, 2.05) is 31.2 Å². The number of rotatable bonds is 5. The highest BCUT2D eigenvalue weighted by molar-refractivity contribution is 5.89. The van der Waals surface area contributed by atoms with Crippen LogP contribution < -0.4 is 4.74 Å². The Bertz CT molecular complexity index is 588. The van der Waals surface area contributed by atoms with Crippen LogP contribution in [0.15, 0.2) is 24.3 Å². The molecule has 0 saturated carbocycles. The Kier molecular flexibility index (Phi) is 4.40. The fourth-order valence-electron chi connectivity index (χ4n) is 1.87. The Hall–Kier alpha value is -2.30. The molecule has 0 aliphatic heterocycles. The van der Waals surface area contributed by atoms with E-state index in [4.69, 9.17) is 9.47 Å². The van der Waals surface area contributed by atoms with Gasteiger partial charge in [-0.05, 0) is 45.0 Å². The number of carbonyl (C=O) groups excluding carboxylic acids is 1. The second-order valence-corrected chi connectivity index (χ2v) is 4.24. The van der Waals surface area contributed by atoms with Crippen LogP contribution in [0.3, 0.4) is 0 Å². The smallest absolute Gasteiger partial charge is 0.358 e. The van der Waals surface area contributed by atoms with E-state index in [0.717, 1.165) is 11.3 Å². The van der Waals surface area contributed by atoms with Crippen molar-refractivity contribution in [3.05, 3.63) is 35.7 Å². The van der Waals surface area contributed by atoms with Gasteiger partial charge in [0.05, 0.1) is 13.2 Å². The highest BCUT2D eigenvalue weighted by Crippen LogP contribution is 2.21. The van der Waals surface area contributed by atoms with E-state index in [1.165, 1.54) is 0 Å². The Labute approximate surface area is 117 Å². The number of aromatic amines is 1. The summed E-state index contributed by atoms with van der Waals surface area (Å²) in [7, 11) is 0. The average Bonchev–Trinajstić information content (AvgIpc) is 2.82. The summed E-state index contributed by atoms with van der Waals surface area (Å²) in [5.74, 6) is 1.05. The second-order valence-electron chi connectivity index (χ2n) is 4.24. The molecule has 20 heavy (non-hydrogen) atoms. The molecule has 0 aliphatic rings. The molecule has 5 heteroatoms. The first-order valence-electron chi connectivity index (χ1n) is 6.62. The molecule has 0 fully saturated rings. The Morgan fingerprint density at radius 1 is 1.20 bits per heavy atom. The van der Waals surface area contributed by atoms with Crippen molar-refractivity contribution < 1.29 is 14.3 Å². The summed E-state index contributed by atoms with van der Waals surface area (Å²) in [5, 5.41) is 0. The number of hydrogen-bond acceptors (Lipinski definition) is 4. The lowest BCUT2D eigenvalue weighted by atomic mass is 10.2. The van der Waals surface area contributed by atoms with E-state index in [0.29, 0.717) is 30.4 Å². The number of hydrogen-bond donors (Lipinski definition) is 1. The van der Waals surface area contributed by atoms with Gasteiger partial charge in [0.2, 0.25) is 0 Å². The summed E-state index contributed by atoms with van der Waals surface area (Å²) in [4.78, 5) is 19.1. The molecule has 0 bridgehead atoms. The number of aromatic nitrogens is 2. The summed E-state index contributed by atoms with van der Waals surface area (Å²) >= 11 is 0. The number of carbonyl (C=O) groups is 1. The lowest BCUT2D eigenvalue weighted by molar-refractivity contribution is 0.0519. The van der Waals surface area contributed by atoms with Crippen molar-refractivity contribution in [3.63, 3.8) is 0 Å². The Balaban J connectivity index is 2.25. The van der Waals surface area contributed by atoms with Crippen LogP contribution in [-0.4, -0.2) is 29.2 Å². The van der Waals surface area contributed by atoms with Crippen molar-refractivity contribution in [1.29, 1.82) is 0 Å². The molecule has 0 saturated heterocycles. The van der Waals surface area contributed by atoms with E-state index in [2.05, 4.69) is 9.97 Å². The number of nitrogens with zero attached hydrogens (tertiary/aromatic N) is 1. The third-order valence-electron chi connectivity index (χ3n) is 2.79. The third kappa shape index (κ3) is 2.99. The average molecular weight is 274 g/mol. The molecule has 1 aromatic heterocycles. The largest absolute Gasteiger partial charge is 0.494 e. The minimum absolute atomic E-state index is 0.329. The molecular formula is C15H18N2O3. The lowest BCUT2D eigenvalue weighted by Gasteiger charge is -2.03. The maximum atomic E-state index is 11.7. The minimum Gasteiger partial charge on any atom is -0.494 e. The number of nitrogens with one attached hydrogen (secondary N) is 1. The normalized spacial score (nSPS) is 10.3. The Morgan fingerprint density at radius 2 is 1.90 bits per heavy atom. The maximum Gasteiger partial charge on any atom is 0.358 e. The predicted octanol–water partition coefficient (Wildman–Crippen LogP) is 2.96. The SMILES string of the molecule is CCOC(=O)c1nc(-c2ccc(OCC)cc2)[nH]c1C. The zero-order chi connectivity index (χ0) is 14.5. The molecule has 0 aliphatic carbocycles. The van der Waals surface area contributed by atoms with Crippen LogP contribution in [0.1, 0.15) is 30.0 Å². The van der Waals surface area contributed by atoms with E-state index in [9.17, 15) is 4.79 Å². The molecule has 0 atom stereocenters. The standard InChI is InChI=1S/C15H18N2O3/c1-4-19-12-8-6-11(7-9-12)14-16-10(3)13(17-14)15(18)20-5-2/h6-9H,4-5H2,1-3H3,(H,16,17). The van der Waals surface area contributed by atoms with Gasteiger partial charge >= 0.3 is 5.97 Å². The molecule has 0 unspecified atom stereocenters. The van der Waals surface area contributed by atoms with Crippen molar-refractivity contribution >= 4 is 5.97 Å². The van der Waals surface area contributed by atoms with Crippen molar-refractivity contribution in [3.8, 4) is 17.1 Å². The summed E-state index contributed by atoms with van der Waals surface area (Å²) in [6.07, 6.45) is 0. The van der Waals surface area contributed by atoms with Crippen molar-refractivity contribution in [2.75, 3.05) is 13.2 Å². The molecule has 0 radical (unpaired) electrons. The molecule has 2 aromatic rings. The molecule has 1 aromatic carbocycles. The van der Waals surface area contributed by atoms with Gasteiger partial charge in [-0.15, -0.1) is 0 Å². The van der Waals surface area contributed by atoms with Crippen LogP contribution in [-0.2, 0) is 4.74 Å². The molecule has 1 N–H and O–H groups in total. The van der Waals surface area contributed by atoms with E-state index in [-0.39, 0.29) is 0 Å². The number of esters is 1. The van der Waals surface area contributed by atoms with E-state index >= 15 is 0 Å². The molecular weight excluding hydrogens is 256 g/mol. The highest BCUT2D eigenvalue weighted by Gasteiger charge is 2.16. The number of aryl methyl sites for hydroxylation is 1. The topological polar surface area (TPSA) is 64.2 Å². The number of ether oxygens (including phenoxy) is 2. The fraction of sp³-hybridized carbons (Fsp3) is 0.333. The fourth-order valence-corrected chi connectivity index (χ4v) is 1.87. The number of H-pyrrole nitrogens is 1. The summed E-state index contributed by atoms with van der Waals surface area (Å²) in [6, 6.07) is 7.55. The van der Waals surface area contributed by atoms with E-state index in [1.54, 1.807) is 13.8 Å². The van der Waals surface area contributed by atoms with Crippen LogP contribution in [0, 0.1) is 6.92 Å². The van der Waals surface area contributed by atoms with Gasteiger partial charge < -0.3 is 14.5 Å². The van der Waals surface area contributed by atoms with Crippen LogP contribution in [0.5, 0.6) is 5.75 Å². The Morgan fingerprint density at radius 3 is 2.50 bits per heavy atom. The quantitative estimate of drug-likeness (QED) is 0.851. The van der Waals surface area contributed by atoms with Crippen molar-refractivity contribution in [1.82, 2.24) is 9.97 Å². The monoisotopic (exact) mass is 274 g/mol. The molecule has 5 nitrogen and oxygen atoms in total. The first kappa shape index (κ1) is 14.1. The maximum absolute atomic E-state index is 11.7. The van der Waals surface area contributed by atoms with Gasteiger partial charge in [0.1, 0.15) is 11.6 Å². The van der Waals surface area contributed by atoms with E-state index < -0.39 is 5.97 Å². The number of imidazole rings is 1. The van der Waals surface area contributed by atoms with Gasteiger partial charge in [-0.3, -0.25) is 0 Å². The van der Waals surface area contributed by atoms with Gasteiger partial charge in [-0.2, -0.15) is 0 Å². The lowest BCUT2D eigenvalue weighted by Crippen LogP contribution is -2.06. The molecule has 0 spiro atoms. The molecule has 0 amide bonds. The first-order valence-corrected chi connectivity index (χ1v) is 6.62. The van der Waals surface area contributed by atoms with Gasteiger partial charge in [0.25, 0.3) is 0 Å². The summed E-state index contributed by atoms with van der Waals surface area (Å²) in [5.41, 5.74) is 1.93. The van der Waals surface area contributed by atoms with Gasteiger partial charge in [0.15, 0.2) is 5.69 Å². The molecule has 106 valence electrons. The minimum atomic E-state index is -0.404. The zero-order valence-corrected chi connectivity index (χ0v) is 11.9. The predicted molar refractivity (Wildman–Crippen MR) is 75.9 cm³/mol. The van der Waals surface area contributed by atoms with Crippen LogP contribution in [0.25, 0.3) is 11.4 Å². The van der Waals surface area contributed by atoms with Gasteiger partial charge in [-0.1, -0.05) is 0 Å². The zero-order valence-electron chi connectivity index (χ0n) is 11.9. The van der Waals surface area contributed by atoms with Crippen molar-refractivity contribution in [2.45, 2.75) is 20.8 Å². The number of benzene rings is 1. The van der Waals surface area contributed by atoms with Crippen LogP contribution >= 0.6 is 0 Å². The van der Waals surface area contributed by atoms with Crippen LogP contribution in [0.2, 0.25) is 0 Å². The molecule has 2 rings (SSSR count). The van der Waals surface area contributed by atoms with Gasteiger partial charge in [-0.25, -0.2) is 9.78 Å². The molecule has 1 heterocycles. The second kappa shape index (κ2) is 6.23. The third-order valence-corrected chi connectivity index (χ3v) is 2.79. The summed E-state index contributed by atoms with van der Waals surface area (Å²) < 4.78 is 10.4. The van der Waals surface area contributed by atoms with Crippen molar-refractivity contribution in [2.24, 2.45) is 0 Å².